The molecule has 3 N–H and O–H groups in total. The molecule has 12 nitrogen and oxygen atoms in total. The second-order valence-electron chi connectivity index (χ2n) is 10.5. The molecule has 0 bridgehead atoms. The molecule has 5 aromatic rings. The van der Waals surface area contributed by atoms with E-state index in [1.54, 1.807) is 50.3 Å². The van der Waals surface area contributed by atoms with Crippen molar-refractivity contribution in [3.05, 3.63) is 94.3 Å². The van der Waals surface area contributed by atoms with Gasteiger partial charge in [-0.05, 0) is 55.8 Å². The zero-order valence-corrected chi connectivity index (χ0v) is 24.3. The first kappa shape index (κ1) is 27.8. The van der Waals surface area contributed by atoms with Gasteiger partial charge in [-0.15, -0.1) is 0 Å². The van der Waals surface area contributed by atoms with Gasteiger partial charge >= 0.3 is 0 Å². The summed E-state index contributed by atoms with van der Waals surface area (Å²) in [5, 5.41) is 2.79. The largest absolute Gasteiger partial charge is 0.382 e. The molecule has 1 fully saturated rings. The summed E-state index contributed by atoms with van der Waals surface area (Å²) in [5.41, 5.74) is 10.9. The first-order valence-electron chi connectivity index (χ1n) is 13.7. The smallest absolute Gasteiger partial charge is 0.284 e. The van der Waals surface area contributed by atoms with Gasteiger partial charge < -0.3 is 20.7 Å². The second kappa shape index (κ2) is 11.1. The third-order valence-corrected chi connectivity index (χ3v) is 7.64. The predicted octanol–water partition coefficient (Wildman–Crippen LogP) is 3.38. The third kappa shape index (κ3) is 5.24. The molecule has 1 amide bonds. The second-order valence-corrected chi connectivity index (χ2v) is 10.5. The zero-order chi connectivity index (χ0) is 30.2. The first-order chi connectivity index (χ1) is 20.7. The molecule has 4 aromatic heterocycles. The number of hydrogen-bond donors (Lipinski definition) is 2. The number of aryl methyl sites for hydroxylation is 1. The van der Waals surface area contributed by atoms with E-state index < -0.39 is 11.5 Å². The van der Waals surface area contributed by atoms with Gasteiger partial charge in [0.25, 0.3) is 11.5 Å². The SMILES string of the molecule is COC1CN(c2cc(-c3cnc(N)c(-c4ccc(NC(=O)c5c(C)n(C)n(-c6cccc(C)c6)c5=O)cn4)n3)ccn2)C1. The molecule has 0 aliphatic carbocycles. The molecule has 0 atom stereocenters. The number of nitrogens with zero attached hydrogens (tertiary/aromatic N) is 7. The van der Waals surface area contributed by atoms with Crippen LogP contribution in [-0.4, -0.2) is 61.5 Å². The van der Waals surface area contributed by atoms with E-state index in [0.29, 0.717) is 34.2 Å². The van der Waals surface area contributed by atoms with Crippen molar-refractivity contribution < 1.29 is 9.53 Å². The Morgan fingerprint density at radius 3 is 2.56 bits per heavy atom. The number of pyridine rings is 2. The zero-order valence-electron chi connectivity index (χ0n) is 24.3. The van der Waals surface area contributed by atoms with Crippen molar-refractivity contribution in [1.29, 1.82) is 0 Å². The normalized spacial score (nSPS) is 13.2. The highest BCUT2D eigenvalue weighted by molar-refractivity contribution is 6.05. The Bertz CT molecular complexity index is 1890. The van der Waals surface area contributed by atoms with Crippen molar-refractivity contribution >= 4 is 23.2 Å². The third-order valence-electron chi connectivity index (χ3n) is 7.64. The number of anilines is 3. The fourth-order valence-corrected chi connectivity index (χ4v) is 5.07. The number of nitrogen functional groups attached to an aromatic ring is 1. The van der Waals surface area contributed by atoms with Gasteiger partial charge in [0.05, 0.1) is 47.0 Å². The molecule has 1 saturated heterocycles. The van der Waals surface area contributed by atoms with Gasteiger partial charge in [0.1, 0.15) is 17.1 Å². The maximum Gasteiger partial charge on any atom is 0.284 e. The van der Waals surface area contributed by atoms with Crippen LogP contribution in [0, 0.1) is 13.8 Å². The molecule has 1 aliphatic heterocycles. The van der Waals surface area contributed by atoms with Crippen LogP contribution >= 0.6 is 0 Å². The van der Waals surface area contributed by atoms with E-state index in [-0.39, 0.29) is 17.5 Å². The standard InChI is InChI=1S/C31H31N9O3/c1-18-6-5-7-22(12-18)40-31(42)27(19(2)38(40)3)30(41)36-21-8-9-24(34-14-21)28-29(32)35-15-25(37-28)20-10-11-33-26(13-20)39-16-23(17-39)43-4/h5-15,23H,16-17H2,1-4H3,(H2,32,35)(H,36,41). The molecule has 12 heteroatoms. The Kier molecular flexibility index (Phi) is 7.20. The number of nitrogens with two attached hydrogens (primary N) is 1. The Hall–Kier alpha value is -5.36. The maximum atomic E-state index is 13.3. The van der Waals surface area contributed by atoms with Crippen LogP contribution in [0.25, 0.3) is 28.3 Å². The van der Waals surface area contributed by atoms with Crippen LogP contribution in [0.15, 0.2) is 71.9 Å². The van der Waals surface area contributed by atoms with Gasteiger partial charge in [-0.1, -0.05) is 12.1 Å². The van der Waals surface area contributed by atoms with Gasteiger partial charge in [-0.3, -0.25) is 19.3 Å². The van der Waals surface area contributed by atoms with Crippen LogP contribution in [0.4, 0.5) is 17.3 Å². The van der Waals surface area contributed by atoms with Crippen LogP contribution < -0.4 is 21.5 Å². The molecule has 43 heavy (non-hydrogen) atoms. The Labute approximate surface area is 247 Å². The Morgan fingerprint density at radius 1 is 1.02 bits per heavy atom. The monoisotopic (exact) mass is 577 g/mol. The molecular weight excluding hydrogens is 546 g/mol. The van der Waals surface area contributed by atoms with Crippen molar-refractivity contribution in [2.45, 2.75) is 20.0 Å². The number of carbonyl (C=O) groups is 1. The lowest BCUT2D eigenvalue weighted by Crippen LogP contribution is -2.52. The number of carbonyl (C=O) groups excluding carboxylic acids is 1. The number of benzene rings is 1. The minimum atomic E-state index is -0.520. The minimum absolute atomic E-state index is 0.0589. The van der Waals surface area contributed by atoms with Crippen LogP contribution in [-0.2, 0) is 11.8 Å². The average molecular weight is 578 g/mol. The van der Waals surface area contributed by atoms with Gasteiger partial charge in [0, 0.05) is 39.0 Å². The summed E-state index contributed by atoms with van der Waals surface area (Å²) >= 11 is 0. The topological polar surface area (TPSA) is 146 Å². The highest BCUT2D eigenvalue weighted by atomic mass is 16.5. The summed E-state index contributed by atoms with van der Waals surface area (Å²) in [7, 11) is 3.46. The summed E-state index contributed by atoms with van der Waals surface area (Å²) in [6.07, 6.45) is 5.06. The van der Waals surface area contributed by atoms with E-state index in [0.717, 1.165) is 30.0 Å². The molecule has 1 aromatic carbocycles. The highest BCUT2D eigenvalue weighted by Crippen LogP contribution is 2.28. The Balaban J connectivity index is 1.22. The molecule has 1 aliphatic rings. The van der Waals surface area contributed by atoms with Gasteiger partial charge in [0.15, 0.2) is 5.82 Å². The minimum Gasteiger partial charge on any atom is -0.382 e. The van der Waals surface area contributed by atoms with Crippen molar-refractivity contribution in [2.75, 3.05) is 36.1 Å². The number of aromatic nitrogens is 6. The molecule has 218 valence electrons. The summed E-state index contributed by atoms with van der Waals surface area (Å²) in [4.78, 5) is 46.7. The molecule has 0 saturated carbocycles. The van der Waals surface area contributed by atoms with Crippen LogP contribution in [0.1, 0.15) is 21.6 Å². The van der Waals surface area contributed by atoms with E-state index in [9.17, 15) is 9.59 Å². The van der Waals surface area contributed by atoms with E-state index in [1.165, 1.54) is 10.9 Å². The number of rotatable bonds is 7. The molecule has 0 unspecified atom stereocenters. The van der Waals surface area contributed by atoms with Crippen LogP contribution in [0.3, 0.4) is 0 Å². The molecule has 0 spiro atoms. The lowest BCUT2D eigenvalue weighted by atomic mass is 10.1. The quantitative estimate of drug-likeness (QED) is 0.297. The summed E-state index contributed by atoms with van der Waals surface area (Å²) < 4.78 is 8.53. The summed E-state index contributed by atoms with van der Waals surface area (Å²) in [6.45, 7) is 5.26. The fourth-order valence-electron chi connectivity index (χ4n) is 5.07. The summed E-state index contributed by atoms with van der Waals surface area (Å²) in [5.74, 6) is 0.543. The van der Waals surface area contributed by atoms with Crippen LogP contribution in [0.2, 0.25) is 0 Å². The number of hydrogen-bond acceptors (Lipinski definition) is 9. The molecule has 5 heterocycles. The Morgan fingerprint density at radius 2 is 1.84 bits per heavy atom. The van der Waals surface area contributed by atoms with Gasteiger partial charge in [0.2, 0.25) is 0 Å². The molecule has 0 radical (unpaired) electrons. The van der Waals surface area contributed by atoms with Crippen molar-refractivity contribution in [3.63, 3.8) is 0 Å². The van der Waals surface area contributed by atoms with E-state index in [4.69, 9.17) is 15.5 Å². The number of methoxy groups -OCH3 is 1. The number of amides is 1. The molecule has 6 rings (SSSR count). The van der Waals surface area contributed by atoms with Crippen molar-refractivity contribution in [1.82, 2.24) is 29.3 Å². The maximum absolute atomic E-state index is 13.3. The lowest BCUT2D eigenvalue weighted by Gasteiger charge is -2.39. The van der Waals surface area contributed by atoms with Crippen molar-refractivity contribution in [3.8, 4) is 28.3 Å². The predicted molar refractivity (Wildman–Crippen MR) is 164 cm³/mol. The fraction of sp³-hybridized carbons (Fsp3) is 0.226. The molecular formula is C31H31N9O3. The van der Waals surface area contributed by atoms with Gasteiger partial charge in [-0.2, -0.15) is 0 Å². The lowest BCUT2D eigenvalue weighted by molar-refractivity contribution is 0.0783. The average Bonchev–Trinajstić information content (AvgIpc) is 3.20. The number of nitrogens with one attached hydrogen (secondary N) is 1. The van der Waals surface area contributed by atoms with E-state index >= 15 is 0 Å². The number of ether oxygens (including phenoxy) is 1. The summed E-state index contributed by atoms with van der Waals surface area (Å²) in [6, 6.07) is 14.8. The van der Waals surface area contributed by atoms with Crippen LogP contribution in [0.5, 0.6) is 0 Å². The van der Waals surface area contributed by atoms with Gasteiger partial charge in [-0.25, -0.2) is 19.6 Å². The highest BCUT2D eigenvalue weighted by Gasteiger charge is 2.28. The van der Waals surface area contributed by atoms with E-state index in [2.05, 4.69) is 25.2 Å². The van der Waals surface area contributed by atoms with E-state index in [1.807, 2.05) is 43.3 Å². The van der Waals surface area contributed by atoms with Crippen molar-refractivity contribution in [2.24, 2.45) is 7.05 Å². The first-order valence-corrected chi connectivity index (χ1v) is 13.7.